The monoisotopic (exact) mass is 557 g/mol. The van der Waals surface area contributed by atoms with Crippen LogP contribution in [0.1, 0.15) is 48.0 Å². The Bertz CT molecular complexity index is 1420. The largest absolute Gasteiger partial charge is 0.493 e. The van der Waals surface area contributed by atoms with Crippen molar-refractivity contribution < 1.29 is 9.53 Å². The van der Waals surface area contributed by atoms with Gasteiger partial charge in [-0.1, -0.05) is 11.6 Å². The Kier molecular flexibility index (Phi) is 7.90. The summed E-state index contributed by atoms with van der Waals surface area (Å²) in [4.78, 5) is 32.1. The lowest BCUT2D eigenvalue weighted by molar-refractivity contribution is 0.0679. The molecular weight excluding hydrogens is 526 g/mol. The first-order valence-corrected chi connectivity index (χ1v) is 14.2. The van der Waals surface area contributed by atoms with E-state index in [1.165, 1.54) is 0 Å². The van der Waals surface area contributed by atoms with Crippen molar-refractivity contribution in [2.45, 2.75) is 38.5 Å². The molecule has 10 heteroatoms. The summed E-state index contributed by atoms with van der Waals surface area (Å²) in [5.74, 6) is 2.85. The number of ether oxygens (including phenoxy) is 1. The van der Waals surface area contributed by atoms with Crippen molar-refractivity contribution in [2.75, 3.05) is 30.3 Å². The number of aryl methyl sites for hydroxylation is 1. The summed E-state index contributed by atoms with van der Waals surface area (Å²) in [6.07, 6.45) is 14.4. The summed E-state index contributed by atoms with van der Waals surface area (Å²) in [5.41, 5.74) is 3.68. The minimum absolute atomic E-state index is 0.0670. The van der Waals surface area contributed by atoms with E-state index in [2.05, 4.69) is 36.6 Å². The third-order valence-electron chi connectivity index (χ3n) is 7.73. The number of allylic oxidation sites excluding steroid dienone is 1. The highest BCUT2D eigenvalue weighted by Gasteiger charge is 2.24. The summed E-state index contributed by atoms with van der Waals surface area (Å²) in [7, 11) is 0. The van der Waals surface area contributed by atoms with E-state index < -0.39 is 0 Å². The SMILES string of the molecule is O=C(c1cccnc1)N1CCC(CCOc2ccc3cc2CCC2C=NC=C(C2)Nc2ncc(Cl)c(n2)N3)CC1. The molecule has 9 nitrogen and oxygen atoms in total. The Hall–Kier alpha value is -3.98. The van der Waals surface area contributed by atoms with Crippen LogP contribution < -0.4 is 15.4 Å². The average Bonchev–Trinajstić information content (AvgIpc) is 2.99. The fourth-order valence-corrected chi connectivity index (χ4v) is 5.60. The number of benzene rings is 1. The van der Waals surface area contributed by atoms with Gasteiger partial charge in [-0.15, -0.1) is 0 Å². The van der Waals surface area contributed by atoms with Gasteiger partial charge in [-0.3, -0.25) is 14.8 Å². The third-order valence-corrected chi connectivity index (χ3v) is 8.00. The molecule has 3 aliphatic rings. The van der Waals surface area contributed by atoms with E-state index >= 15 is 0 Å². The molecule has 40 heavy (non-hydrogen) atoms. The Morgan fingerprint density at radius 3 is 2.88 bits per heavy atom. The number of halogens is 1. The van der Waals surface area contributed by atoms with Crippen molar-refractivity contribution in [3.63, 3.8) is 0 Å². The van der Waals surface area contributed by atoms with Crippen molar-refractivity contribution in [2.24, 2.45) is 16.8 Å². The zero-order valence-corrected chi connectivity index (χ0v) is 23.0. The predicted octanol–water partition coefficient (Wildman–Crippen LogP) is 5.88. The number of piperidine rings is 1. The maximum absolute atomic E-state index is 12.7. The second-order valence-electron chi connectivity index (χ2n) is 10.5. The van der Waals surface area contributed by atoms with E-state index in [1.54, 1.807) is 24.7 Å². The number of likely N-dealkylation sites (tertiary alicyclic amines) is 1. The number of carbonyl (C=O) groups excluding carboxylic acids is 1. The number of nitrogens with zero attached hydrogens (tertiary/aromatic N) is 5. The van der Waals surface area contributed by atoms with E-state index in [1.807, 2.05) is 35.5 Å². The summed E-state index contributed by atoms with van der Waals surface area (Å²) >= 11 is 6.40. The number of anilines is 3. The molecule has 3 aliphatic heterocycles. The molecule has 1 unspecified atom stereocenters. The van der Waals surface area contributed by atoms with Crippen LogP contribution in [0, 0.1) is 11.8 Å². The molecule has 2 aromatic heterocycles. The van der Waals surface area contributed by atoms with E-state index in [0.717, 1.165) is 74.3 Å². The normalized spacial score (nSPS) is 18.8. The molecule has 0 spiro atoms. The van der Waals surface area contributed by atoms with Crippen LogP contribution >= 0.6 is 11.6 Å². The first-order valence-electron chi connectivity index (χ1n) is 13.8. The minimum Gasteiger partial charge on any atom is -0.493 e. The van der Waals surface area contributed by atoms with Gasteiger partial charge in [-0.2, -0.15) is 4.98 Å². The van der Waals surface area contributed by atoms with Gasteiger partial charge in [0.25, 0.3) is 5.91 Å². The van der Waals surface area contributed by atoms with Gasteiger partial charge in [0.1, 0.15) is 10.8 Å². The van der Waals surface area contributed by atoms with Crippen LogP contribution in [0.25, 0.3) is 0 Å². The van der Waals surface area contributed by atoms with Crippen LogP contribution in [0.3, 0.4) is 0 Å². The molecule has 1 saturated heterocycles. The Balaban J connectivity index is 1.10. The first-order chi connectivity index (χ1) is 19.6. The highest BCUT2D eigenvalue weighted by atomic mass is 35.5. The van der Waals surface area contributed by atoms with Crippen molar-refractivity contribution in [3.8, 4) is 5.75 Å². The molecule has 1 amide bonds. The second kappa shape index (κ2) is 12.0. The standard InChI is InChI=1S/C30H32ClN7O2/c31-26-19-34-30-36-25-14-21(16-33-18-25)3-4-22-15-24(35-28(26)37-30)5-6-27(22)40-13-9-20-7-11-38(12-8-20)29(39)23-2-1-10-32-17-23/h1-2,5-6,10,15-21H,3-4,7-9,11-14H2,(H2,34,35,36,37). The second-order valence-corrected chi connectivity index (χ2v) is 10.9. The number of rotatable bonds is 5. The smallest absolute Gasteiger partial charge is 0.255 e. The van der Waals surface area contributed by atoms with Gasteiger partial charge >= 0.3 is 0 Å². The fraction of sp³-hybridized carbons (Fsp3) is 0.367. The van der Waals surface area contributed by atoms with Crippen molar-refractivity contribution in [1.29, 1.82) is 0 Å². The van der Waals surface area contributed by atoms with Gasteiger partial charge in [0.15, 0.2) is 5.82 Å². The molecule has 2 N–H and O–H groups in total. The van der Waals surface area contributed by atoms with Crippen LogP contribution in [-0.2, 0) is 6.42 Å². The molecule has 6 rings (SSSR count). The minimum atomic E-state index is 0.0670. The van der Waals surface area contributed by atoms with E-state index in [4.69, 9.17) is 16.3 Å². The molecule has 0 saturated carbocycles. The quantitative estimate of drug-likeness (QED) is 0.403. The highest BCUT2D eigenvalue weighted by molar-refractivity contribution is 6.32. The van der Waals surface area contributed by atoms with Crippen molar-refractivity contribution >= 4 is 41.2 Å². The molecule has 6 bridgehead atoms. The van der Waals surface area contributed by atoms with E-state index in [-0.39, 0.29) is 5.91 Å². The van der Waals surface area contributed by atoms with Gasteiger partial charge in [0.2, 0.25) is 5.95 Å². The molecule has 1 aromatic carbocycles. The fourth-order valence-electron chi connectivity index (χ4n) is 5.46. The molecule has 0 aliphatic carbocycles. The molecular formula is C30H32ClN7O2. The van der Waals surface area contributed by atoms with Gasteiger partial charge in [0.05, 0.1) is 18.4 Å². The van der Waals surface area contributed by atoms with Crippen LogP contribution in [-0.4, -0.2) is 51.7 Å². The lowest BCUT2D eigenvalue weighted by Gasteiger charge is -2.32. The van der Waals surface area contributed by atoms with Gasteiger partial charge in [-0.05, 0) is 80.3 Å². The van der Waals surface area contributed by atoms with Crippen LogP contribution in [0.4, 0.5) is 17.5 Å². The van der Waals surface area contributed by atoms with Gasteiger partial charge in [-0.25, -0.2) is 4.98 Å². The van der Waals surface area contributed by atoms with E-state index in [9.17, 15) is 4.79 Å². The number of hydrogen-bond acceptors (Lipinski definition) is 8. The lowest BCUT2D eigenvalue weighted by atomic mass is 9.93. The maximum Gasteiger partial charge on any atom is 0.255 e. The number of fused-ring (bicyclic) bond motifs is 6. The number of amides is 1. The molecule has 0 radical (unpaired) electrons. The van der Waals surface area contributed by atoms with Crippen molar-refractivity contribution in [3.05, 3.63) is 77.0 Å². The molecule has 206 valence electrons. The number of carbonyl (C=O) groups is 1. The molecule has 1 atom stereocenters. The van der Waals surface area contributed by atoms with Crippen LogP contribution in [0.15, 0.2) is 65.8 Å². The van der Waals surface area contributed by atoms with E-state index in [0.29, 0.717) is 40.8 Å². The predicted molar refractivity (Wildman–Crippen MR) is 156 cm³/mol. The molecule has 1 fully saturated rings. The Labute approximate surface area is 238 Å². The Morgan fingerprint density at radius 1 is 1.12 bits per heavy atom. The number of nitrogens with one attached hydrogen (secondary N) is 2. The van der Waals surface area contributed by atoms with Crippen LogP contribution in [0.2, 0.25) is 5.02 Å². The van der Waals surface area contributed by atoms with Gasteiger partial charge < -0.3 is 20.3 Å². The number of pyridine rings is 1. The summed E-state index contributed by atoms with van der Waals surface area (Å²) in [5, 5.41) is 7.08. The lowest BCUT2D eigenvalue weighted by Crippen LogP contribution is -2.38. The summed E-state index contributed by atoms with van der Waals surface area (Å²) in [6, 6.07) is 9.78. The third kappa shape index (κ3) is 6.25. The van der Waals surface area contributed by atoms with Crippen LogP contribution in [0.5, 0.6) is 5.75 Å². The first kappa shape index (κ1) is 26.3. The van der Waals surface area contributed by atoms with Crippen molar-refractivity contribution in [1.82, 2.24) is 19.9 Å². The molecule has 5 heterocycles. The summed E-state index contributed by atoms with van der Waals surface area (Å²) < 4.78 is 6.36. The Morgan fingerprint density at radius 2 is 2.02 bits per heavy atom. The summed E-state index contributed by atoms with van der Waals surface area (Å²) in [6.45, 7) is 2.18. The average molecular weight is 558 g/mol. The topological polar surface area (TPSA) is 105 Å². The zero-order chi connectivity index (χ0) is 27.3. The maximum atomic E-state index is 12.7. The number of aliphatic imine (C=N–C) groups is 1. The highest BCUT2D eigenvalue weighted by Crippen LogP contribution is 2.32. The number of aromatic nitrogens is 3. The zero-order valence-electron chi connectivity index (χ0n) is 22.2. The molecule has 3 aromatic rings. The number of hydrogen-bond donors (Lipinski definition) is 2. The van der Waals surface area contributed by atoms with Gasteiger partial charge in [0, 0.05) is 55.2 Å².